The molecule has 148 valence electrons. The van der Waals surface area contributed by atoms with Crippen LogP contribution in [0.5, 0.6) is 11.5 Å². The van der Waals surface area contributed by atoms with Crippen molar-refractivity contribution in [3.8, 4) is 11.5 Å². The number of nitrogens with zero attached hydrogens (tertiary/aromatic N) is 1. The number of guanidine groups is 1. The first-order chi connectivity index (χ1) is 12.6. The fraction of sp³-hybridized carbons (Fsp3) is 0.316. The van der Waals surface area contributed by atoms with Gasteiger partial charge >= 0.3 is 0 Å². The van der Waals surface area contributed by atoms with Crippen molar-refractivity contribution in [2.45, 2.75) is 13.0 Å². The van der Waals surface area contributed by atoms with Crippen LogP contribution >= 0.6 is 35.6 Å². The van der Waals surface area contributed by atoms with E-state index in [9.17, 15) is 5.11 Å². The summed E-state index contributed by atoms with van der Waals surface area (Å²) in [5.41, 5.74) is 1.44. The van der Waals surface area contributed by atoms with Crippen LogP contribution in [0.3, 0.4) is 0 Å². The maximum absolute atomic E-state index is 10.4. The summed E-state index contributed by atoms with van der Waals surface area (Å²) < 4.78 is 10.5. The molecule has 3 N–H and O–H groups in total. The molecule has 0 heterocycles. The van der Waals surface area contributed by atoms with Gasteiger partial charge in [-0.1, -0.05) is 29.8 Å². The van der Waals surface area contributed by atoms with Gasteiger partial charge in [-0.05, 0) is 25.1 Å². The summed E-state index contributed by atoms with van der Waals surface area (Å²) >= 11 is 6.12. The summed E-state index contributed by atoms with van der Waals surface area (Å²) in [6.07, 6.45) is -0.787. The van der Waals surface area contributed by atoms with Crippen molar-refractivity contribution in [3.63, 3.8) is 0 Å². The zero-order chi connectivity index (χ0) is 18.9. The lowest BCUT2D eigenvalue weighted by molar-refractivity contribution is 0.187. The Morgan fingerprint density at radius 2 is 1.85 bits per heavy atom. The summed E-state index contributed by atoms with van der Waals surface area (Å²) in [7, 11) is 3.17. The third kappa shape index (κ3) is 6.75. The van der Waals surface area contributed by atoms with E-state index in [1.54, 1.807) is 26.4 Å². The fourth-order valence-corrected chi connectivity index (χ4v) is 2.64. The Kier molecular flexibility index (Phi) is 10.3. The van der Waals surface area contributed by atoms with E-state index in [0.29, 0.717) is 34.6 Å². The molecule has 6 nitrogen and oxygen atoms in total. The molecule has 0 radical (unpaired) electrons. The van der Waals surface area contributed by atoms with Gasteiger partial charge in [0.25, 0.3) is 0 Å². The molecule has 0 aliphatic heterocycles. The number of halogens is 2. The molecule has 0 saturated heterocycles. The summed E-state index contributed by atoms with van der Waals surface area (Å²) in [6.45, 7) is 2.82. The van der Waals surface area contributed by atoms with Crippen molar-refractivity contribution in [1.82, 2.24) is 5.32 Å². The van der Waals surface area contributed by atoms with E-state index >= 15 is 0 Å². The number of nitrogens with one attached hydrogen (secondary N) is 2. The van der Waals surface area contributed by atoms with Gasteiger partial charge in [-0.2, -0.15) is 0 Å². The van der Waals surface area contributed by atoms with Gasteiger partial charge < -0.3 is 25.2 Å². The highest BCUT2D eigenvalue weighted by atomic mass is 127. The highest BCUT2D eigenvalue weighted by Gasteiger charge is 2.11. The van der Waals surface area contributed by atoms with Gasteiger partial charge in [0.15, 0.2) is 17.5 Å². The van der Waals surface area contributed by atoms with Crippen LogP contribution < -0.4 is 20.1 Å². The van der Waals surface area contributed by atoms with Crippen LogP contribution in [0.25, 0.3) is 0 Å². The van der Waals surface area contributed by atoms with E-state index in [4.69, 9.17) is 21.1 Å². The Morgan fingerprint density at radius 3 is 2.48 bits per heavy atom. The Labute approximate surface area is 182 Å². The molecular formula is C19H25ClIN3O3. The minimum absolute atomic E-state index is 0. The Balaban J connectivity index is 0.00000364. The van der Waals surface area contributed by atoms with E-state index in [2.05, 4.69) is 15.6 Å². The number of aliphatic hydroxyl groups excluding tert-OH is 1. The first-order valence-corrected chi connectivity index (χ1v) is 8.66. The molecular weight excluding hydrogens is 481 g/mol. The average molecular weight is 506 g/mol. The molecule has 0 amide bonds. The summed E-state index contributed by atoms with van der Waals surface area (Å²) in [4.78, 5) is 4.44. The number of methoxy groups -OCH3 is 2. The molecule has 27 heavy (non-hydrogen) atoms. The van der Waals surface area contributed by atoms with Gasteiger partial charge in [0, 0.05) is 28.9 Å². The van der Waals surface area contributed by atoms with Crippen LogP contribution in [0.1, 0.15) is 18.6 Å². The molecule has 0 spiro atoms. The van der Waals surface area contributed by atoms with Crippen LogP contribution in [0, 0.1) is 0 Å². The van der Waals surface area contributed by atoms with Crippen molar-refractivity contribution < 1.29 is 14.6 Å². The van der Waals surface area contributed by atoms with Gasteiger partial charge in [-0.15, -0.1) is 24.0 Å². The summed E-state index contributed by atoms with van der Waals surface area (Å²) in [5, 5.41) is 17.2. The molecule has 1 atom stereocenters. The minimum atomic E-state index is -0.787. The van der Waals surface area contributed by atoms with Gasteiger partial charge in [0.05, 0.1) is 20.8 Å². The molecule has 2 aromatic carbocycles. The highest BCUT2D eigenvalue weighted by molar-refractivity contribution is 14.0. The smallest absolute Gasteiger partial charge is 0.195 e. The first kappa shape index (κ1) is 23.3. The molecule has 1 unspecified atom stereocenters. The largest absolute Gasteiger partial charge is 0.493 e. The predicted octanol–water partition coefficient (Wildman–Crippen LogP) is 4.09. The van der Waals surface area contributed by atoms with E-state index in [-0.39, 0.29) is 30.5 Å². The first-order valence-electron chi connectivity index (χ1n) is 8.28. The van der Waals surface area contributed by atoms with E-state index in [1.165, 1.54) is 0 Å². The number of hydrogen-bond acceptors (Lipinski definition) is 4. The number of anilines is 1. The van der Waals surface area contributed by atoms with Crippen LogP contribution in [0.2, 0.25) is 5.02 Å². The lowest BCUT2D eigenvalue weighted by atomic mass is 10.1. The number of aliphatic hydroxyl groups is 1. The third-order valence-electron chi connectivity index (χ3n) is 3.68. The normalized spacial score (nSPS) is 12.0. The molecule has 0 fully saturated rings. The zero-order valence-electron chi connectivity index (χ0n) is 15.5. The van der Waals surface area contributed by atoms with Crippen LogP contribution in [0.15, 0.2) is 47.5 Å². The third-order valence-corrected chi connectivity index (χ3v) is 4.02. The van der Waals surface area contributed by atoms with Gasteiger partial charge in [0.2, 0.25) is 0 Å². The molecule has 0 bridgehead atoms. The molecule has 2 rings (SSSR count). The number of benzene rings is 2. The SMILES string of the molecule is CCNC(=NCC(O)c1ccccc1Cl)Nc1ccc(OC)c(OC)c1.I. The molecule has 0 aliphatic rings. The fourth-order valence-electron chi connectivity index (χ4n) is 2.38. The van der Waals surface area contributed by atoms with Crippen molar-refractivity contribution in [2.75, 3.05) is 32.6 Å². The van der Waals surface area contributed by atoms with Crippen molar-refractivity contribution in [3.05, 3.63) is 53.1 Å². The van der Waals surface area contributed by atoms with E-state index in [0.717, 1.165) is 5.69 Å². The number of rotatable bonds is 7. The second kappa shape index (κ2) is 11.9. The monoisotopic (exact) mass is 505 g/mol. The molecule has 8 heteroatoms. The second-order valence-corrected chi connectivity index (χ2v) is 5.86. The zero-order valence-corrected chi connectivity index (χ0v) is 18.6. The maximum atomic E-state index is 10.4. The van der Waals surface area contributed by atoms with Crippen LogP contribution in [0.4, 0.5) is 5.69 Å². The summed E-state index contributed by atoms with van der Waals surface area (Å²) in [6, 6.07) is 12.7. The van der Waals surface area contributed by atoms with Gasteiger partial charge in [-0.3, -0.25) is 0 Å². The molecule has 2 aromatic rings. The minimum Gasteiger partial charge on any atom is -0.493 e. The van der Waals surface area contributed by atoms with Gasteiger partial charge in [-0.25, -0.2) is 4.99 Å². The number of hydrogen-bond donors (Lipinski definition) is 3. The van der Waals surface area contributed by atoms with Crippen molar-refractivity contribution in [1.29, 1.82) is 0 Å². The second-order valence-electron chi connectivity index (χ2n) is 5.45. The maximum Gasteiger partial charge on any atom is 0.195 e. The van der Waals surface area contributed by atoms with E-state index < -0.39 is 6.10 Å². The standard InChI is InChI=1S/C19H24ClN3O3.HI/c1-4-21-19(22-12-16(24)14-7-5-6-8-15(14)20)23-13-9-10-17(25-2)18(11-13)26-3;/h5-11,16,24H,4,12H2,1-3H3,(H2,21,22,23);1H. The van der Waals surface area contributed by atoms with Crippen LogP contribution in [-0.4, -0.2) is 38.4 Å². The highest BCUT2D eigenvalue weighted by Crippen LogP contribution is 2.29. The lowest BCUT2D eigenvalue weighted by Crippen LogP contribution is -2.31. The lowest BCUT2D eigenvalue weighted by Gasteiger charge is -2.15. The number of aliphatic imine (C=N–C) groups is 1. The van der Waals surface area contributed by atoms with Crippen LogP contribution in [-0.2, 0) is 0 Å². The Hall–Kier alpha value is -1.71. The van der Waals surface area contributed by atoms with Gasteiger partial charge in [0.1, 0.15) is 6.10 Å². The predicted molar refractivity (Wildman–Crippen MR) is 121 cm³/mol. The topological polar surface area (TPSA) is 75.1 Å². The molecule has 0 aliphatic carbocycles. The van der Waals surface area contributed by atoms with Crippen molar-refractivity contribution >= 4 is 47.2 Å². The average Bonchev–Trinajstić information content (AvgIpc) is 2.66. The Morgan fingerprint density at radius 1 is 1.15 bits per heavy atom. The molecule has 0 aromatic heterocycles. The summed E-state index contributed by atoms with van der Waals surface area (Å²) in [5.74, 6) is 1.81. The van der Waals surface area contributed by atoms with E-state index in [1.807, 2.05) is 37.3 Å². The quantitative estimate of drug-likeness (QED) is 0.300. The molecule has 0 saturated carbocycles. The van der Waals surface area contributed by atoms with Crippen molar-refractivity contribution in [2.24, 2.45) is 4.99 Å². The number of ether oxygens (including phenoxy) is 2. The Bertz CT molecular complexity index is 759.